The Morgan fingerprint density at radius 2 is 1.67 bits per heavy atom. The number of Topliss-reactive ketones (excluding diaryl/α,β-unsaturated/α-hetero) is 1. The Morgan fingerprint density at radius 3 is 2.24 bits per heavy atom. The third-order valence-electron chi connectivity index (χ3n) is 4.28. The number of rotatable bonds is 11. The summed E-state index contributed by atoms with van der Waals surface area (Å²) >= 11 is 12.5. The van der Waals surface area contributed by atoms with Gasteiger partial charge < -0.3 is 24.3 Å². The van der Waals surface area contributed by atoms with Crippen LogP contribution >= 0.6 is 23.2 Å². The average molecular weight is 498 g/mol. The van der Waals surface area contributed by atoms with E-state index in [-0.39, 0.29) is 27.2 Å². The molecule has 0 bridgehead atoms. The minimum atomic E-state index is -1.44. The normalized spacial score (nSPS) is 11.7. The molecule has 0 spiro atoms. The van der Waals surface area contributed by atoms with Gasteiger partial charge in [0.05, 0.1) is 38.1 Å². The van der Waals surface area contributed by atoms with Gasteiger partial charge in [-0.2, -0.15) is 10.2 Å². The zero-order valence-corrected chi connectivity index (χ0v) is 20.4. The highest BCUT2D eigenvalue weighted by Crippen LogP contribution is 2.41. The highest BCUT2D eigenvalue weighted by molar-refractivity contribution is 6.35. The summed E-state index contributed by atoms with van der Waals surface area (Å²) in [7, 11) is 2.89. The molecule has 11 heteroatoms. The Balaban J connectivity index is 2.33. The van der Waals surface area contributed by atoms with E-state index in [1.54, 1.807) is 19.1 Å². The van der Waals surface area contributed by atoms with Crippen LogP contribution in [0.25, 0.3) is 0 Å². The van der Waals surface area contributed by atoms with Gasteiger partial charge in [0.1, 0.15) is 22.2 Å². The SMILES string of the molecule is CCOc1ccc(NC(=O)C(N=Nc2cc(Cl)c(OC)cc2OC)C(C)=O)c(Cl)c1OCC. The summed E-state index contributed by atoms with van der Waals surface area (Å²) in [5.74, 6) is 0.161. The molecule has 1 atom stereocenters. The third kappa shape index (κ3) is 6.49. The van der Waals surface area contributed by atoms with Crippen LogP contribution in [0, 0.1) is 0 Å². The van der Waals surface area contributed by atoms with Gasteiger partial charge in [0, 0.05) is 6.07 Å². The second kappa shape index (κ2) is 12.3. The molecule has 1 unspecified atom stereocenters. The summed E-state index contributed by atoms with van der Waals surface area (Å²) in [5, 5.41) is 10.9. The number of amides is 1. The number of methoxy groups -OCH3 is 2. The van der Waals surface area contributed by atoms with Gasteiger partial charge in [0.15, 0.2) is 17.3 Å². The van der Waals surface area contributed by atoms with Crippen molar-refractivity contribution in [1.82, 2.24) is 0 Å². The molecule has 1 amide bonds. The fourth-order valence-electron chi connectivity index (χ4n) is 2.74. The molecule has 9 nitrogen and oxygen atoms in total. The van der Waals surface area contributed by atoms with Crippen LogP contribution in [-0.2, 0) is 9.59 Å². The summed E-state index contributed by atoms with van der Waals surface area (Å²) in [6.07, 6.45) is 0. The van der Waals surface area contributed by atoms with Crippen molar-refractivity contribution in [2.45, 2.75) is 26.8 Å². The van der Waals surface area contributed by atoms with Crippen molar-refractivity contribution in [2.75, 3.05) is 32.8 Å². The number of benzene rings is 2. The number of anilines is 1. The van der Waals surface area contributed by atoms with E-state index in [2.05, 4.69) is 15.5 Å². The molecule has 178 valence electrons. The Morgan fingerprint density at radius 1 is 1.00 bits per heavy atom. The number of ketones is 1. The van der Waals surface area contributed by atoms with Crippen LogP contribution in [0.5, 0.6) is 23.0 Å². The molecule has 0 fully saturated rings. The van der Waals surface area contributed by atoms with Crippen LogP contribution < -0.4 is 24.3 Å². The zero-order chi connectivity index (χ0) is 24.5. The number of carbonyl (C=O) groups is 2. The van der Waals surface area contributed by atoms with E-state index in [1.807, 2.05) is 6.92 Å². The second-order valence-corrected chi connectivity index (χ2v) is 7.28. The number of nitrogens with one attached hydrogen (secondary N) is 1. The fraction of sp³-hybridized carbons (Fsp3) is 0.364. The highest BCUT2D eigenvalue weighted by atomic mass is 35.5. The quantitative estimate of drug-likeness (QED) is 0.324. The van der Waals surface area contributed by atoms with Crippen molar-refractivity contribution in [3.8, 4) is 23.0 Å². The maximum Gasteiger partial charge on any atom is 0.258 e. The molecule has 0 heterocycles. The van der Waals surface area contributed by atoms with Crippen LogP contribution in [-0.4, -0.2) is 45.2 Å². The van der Waals surface area contributed by atoms with Crippen molar-refractivity contribution >= 4 is 46.3 Å². The Hall–Kier alpha value is -3.04. The van der Waals surface area contributed by atoms with E-state index in [0.29, 0.717) is 30.5 Å². The van der Waals surface area contributed by atoms with E-state index >= 15 is 0 Å². The maximum absolute atomic E-state index is 12.8. The van der Waals surface area contributed by atoms with Gasteiger partial charge in [-0.1, -0.05) is 23.2 Å². The predicted octanol–water partition coefficient (Wildman–Crippen LogP) is 5.49. The van der Waals surface area contributed by atoms with Crippen molar-refractivity contribution in [3.05, 3.63) is 34.3 Å². The lowest BCUT2D eigenvalue weighted by Crippen LogP contribution is -2.32. The monoisotopic (exact) mass is 497 g/mol. The topological polar surface area (TPSA) is 108 Å². The number of azo groups is 1. The first-order chi connectivity index (χ1) is 15.8. The first-order valence-electron chi connectivity index (χ1n) is 9.99. The molecular formula is C22H25Cl2N3O6. The van der Waals surface area contributed by atoms with Crippen LogP contribution in [0.3, 0.4) is 0 Å². The molecule has 0 aliphatic rings. The largest absolute Gasteiger partial charge is 0.495 e. The van der Waals surface area contributed by atoms with Gasteiger partial charge in [-0.3, -0.25) is 9.59 Å². The molecule has 0 radical (unpaired) electrons. The standard InChI is InChI=1S/C22H25Cl2N3O6/c1-6-32-16-9-8-14(19(24)21(16)33-7-2)25-22(29)20(12(3)28)27-26-15-10-13(23)17(30-4)11-18(15)31-5/h8-11,20H,6-7H2,1-5H3,(H,25,29). The molecule has 1 N–H and O–H groups in total. The first kappa shape index (κ1) is 26.2. The first-order valence-corrected chi connectivity index (χ1v) is 10.7. The van der Waals surface area contributed by atoms with Crippen molar-refractivity contribution in [3.63, 3.8) is 0 Å². The van der Waals surface area contributed by atoms with Crippen LogP contribution in [0.2, 0.25) is 10.0 Å². The molecule has 2 aromatic rings. The van der Waals surface area contributed by atoms with Gasteiger partial charge in [-0.15, -0.1) is 0 Å². The fourth-order valence-corrected chi connectivity index (χ4v) is 3.24. The molecule has 0 aliphatic carbocycles. The number of hydrogen-bond donors (Lipinski definition) is 1. The van der Waals surface area contributed by atoms with E-state index in [4.69, 9.17) is 42.1 Å². The lowest BCUT2D eigenvalue weighted by atomic mass is 10.2. The van der Waals surface area contributed by atoms with Crippen molar-refractivity contribution in [1.29, 1.82) is 0 Å². The van der Waals surface area contributed by atoms with E-state index in [0.717, 1.165) is 0 Å². The molecule has 2 rings (SSSR count). The van der Waals surface area contributed by atoms with E-state index < -0.39 is 17.7 Å². The van der Waals surface area contributed by atoms with Gasteiger partial charge in [0.2, 0.25) is 6.04 Å². The van der Waals surface area contributed by atoms with Crippen LogP contribution in [0.15, 0.2) is 34.5 Å². The summed E-state index contributed by atoms with van der Waals surface area (Å²) in [5.41, 5.74) is 0.458. The zero-order valence-electron chi connectivity index (χ0n) is 18.9. The van der Waals surface area contributed by atoms with Gasteiger partial charge in [0.25, 0.3) is 5.91 Å². The van der Waals surface area contributed by atoms with Crippen LogP contribution in [0.1, 0.15) is 20.8 Å². The Labute approximate surface area is 202 Å². The summed E-state index contributed by atoms with van der Waals surface area (Å²) in [6, 6.07) is 4.71. The molecular weight excluding hydrogens is 473 g/mol. The molecule has 0 saturated carbocycles. The molecule has 33 heavy (non-hydrogen) atoms. The van der Waals surface area contributed by atoms with Crippen molar-refractivity contribution < 1.29 is 28.5 Å². The summed E-state index contributed by atoms with van der Waals surface area (Å²) in [4.78, 5) is 25.0. The van der Waals surface area contributed by atoms with E-state index in [9.17, 15) is 9.59 Å². The second-order valence-electron chi connectivity index (χ2n) is 6.50. The van der Waals surface area contributed by atoms with Gasteiger partial charge >= 0.3 is 0 Å². The van der Waals surface area contributed by atoms with Gasteiger partial charge in [-0.05, 0) is 39.0 Å². The molecule has 0 aliphatic heterocycles. The Bertz CT molecular complexity index is 1050. The third-order valence-corrected chi connectivity index (χ3v) is 4.95. The predicted molar refractivity (Wildman–Crippen MR) is 126 cm³/mol. The lowest BCUT2D eigenvalue weighted by molar-refractivity contribution is -0.126. The average Bonchev–Trinajstić information content (AvgIpc) is 2.78. The minimum Gasteiger partial charge on any atom is -0.495 e. The number of nitrogens with zero attached hydrogens (tertiary/aromatic N) is 2. The van der Waals surface area contributed by atoms with Crippen LogP contribution in [0.4, 0.5) is 11.4 Å². The summed E-state index contributed by atoms with van der Waals surface area (Å²) in [6.45, 7) is 5.60. The summed E-state index contributed by atoms with van der Waals surface area (Å²) < 4.78 is 21.5. The van der Waals surface area contributed by atoms with Crippen molar-refractivity contribution in [2.24, 2.45) is 10.2 Å². The number of halogens is 2. The number of ether oxygens (including phenoxy) is 4. The number of hydrogen-bond acceptors (Lipinski definition) is 8. The molecule has 0 saturated heterocycles. The highest BCUT2D eigenvalue weighted by Gasteiger charge is 2.25. The maximum atomic E-state index is 12.8. The molecule has 2 aromatic carbocycles. The molecule has 0 aromatic heterocycles. The minimum absolute atomic E-state index is 0.138. The number of carbonyl (C=O) groups excluding carboxylic acids is 2. The van der Waals surface area contributed by atoms with Gasteiger partial charge in [-0.25, -0.2) is 0 Å². The lowest BCUT2D eigenvalue weighted by Gasteiger charge is -2.16. The van der Waals surface area contributed by atoms with E-state index in [1.165, 1.54) is 33.3 Å². The smallest absolute Gasteiger partial charge is 0.258 e. The Kier molecular flexibility index (Phi) is 9.74.